The Balaban J connectivity index is 1.44. The lowest BCUT2D eigenvalue weighted by atomic mass is 10.1. The quantitative estimate of drug-likeness (QED) is 0.420. The van der Waals surface area contributed by atoms with Crippen LogP contribution >= 0.6 is 0 Å². The van der Waals surface area contributed by atoms with E-state index in [9.17, 15) is 4.79 Å². The average Bonchev–Trinajstić information content (AvgIpc) is 3.48. The number of aromatic nitrogens is 4. The lowest BCUT2D eigenvalue weighted by molar-refractivity contribution is 0.102. The van der Waals surface area contributed by atoms with Gasteiger partial charge in [0, 0.05) is 24.0 Å². The highest BCUT2D eigenvalue weighted by atomic mass is 16.1. The van der Waals surface area contributed by atoms with Crippen molar-refractivity contribution in [3.05, 3.63) is 121 Å². The first-order valence-corrected chi connectivity index (χ1v) is 10.4. The second-order valence-corrected chi connectivity index (χ2v) is 7.38. The Morgan fingerprint density at radius 1 is 0.781 bits per heavy atom. The lowest BCUT2D eigenvalue weighted by Crippen LogP contribution is -2.13. The Morgan fingerprint density at radius 2 is 1.44 bits per heavy atom. The van der Waals surface area contributed by atoms with Crippen molar-refractivity contribution in [2.45, 2.75) is 6.54 Å². The standard InChI is InChI=1S/C26H21N5O/c32-26(27-24-16-17-31(28-24)22-14-8-3-9-15-22)23-19-30(18-20-10-4-1-5-11-20)29-25(23)21-12-6-2-7-13-21/h1-17,19H,18H2,(H,27,28,32). The summed E-state index contributed by atoms with van der Waals surface area (Å²) in [6.07, 6.45) is 3.61. The van der Waals surface area contributed by atoms with Gasteiger partial charge >= 0.3 is 0 Å². The fourth-order valence-electron chi connectivity index (χ4n) is 3.55. The molecule has 0 spiro atoms. The Hall–Kier alpha value is -4.45. The number of carbonyl (C=O) groups excluding carboxylic acids is 1. The fraction of sp³-hybridized carbons (Fsp3) is 0.0385. The van der Waals surface area contributed by atoms with Crippen LogP contribution in [0.3, 0.4) is 0 Å². The minimum atomic E-state index is -0.249. The molecule has 0 atom stereocenters. The van der Waals surface area contributed by atoms with E-state index < -0.39 is 0 Å². The summed E-state index contributed by atoms with van der Waals surface area (Å²) in [4.78, 5) is 13.2. The van der Waals surface area contributed by atoms with Gasteiger partial charge in [-0.3, -0.25) is 9.48 Å². The fourth-order valence-corrected chi connectivity index (χ4v) is 3.55. The summed E-state index contributed by atoms with van der Waals surface area (Å²) in [6.45, 7) is 0.580. The van der Waals surface area contributed by atoms with E-state index in [-0.39, 0.29) is 5.91 Å². The van der Waals surface area contributed by atoms with E-state index in [1.807, 2.05) is 97.2 Å². The molecule has 5 aromatic rings. The number of anilines is 1. The predicted octanol–water partition coefficient (Wildman–Crippen LogP) is 5.04. The molecule has 0 saturated heterocycles. The average molecular weight is 419 g/mol. The highest BCUT2D eigenvalue weighted by Gasteiger charge is 2.19. The number of amides is 1. The van der Waals surface area contributed by atoms with Gasteiger partial charge in [0.2, 0.25) is 0 Å². The van der Waals surface area contributed by atoms with Crippen LogP contribution in [0.1, 0.15) is 15.9 Å². The molecule has 6 nitrogen and oxygen atoms in total. The molecular formula is C26H21N5O. The van der Waals surface area contributed by atoms with E-state index in [2.05, 4.69) is 10.4 Å². The molecular weight excluding hydrogens is 398 g/mol. The van der Waals surface area contributed by atoms with E-state index in [4.69, 9.17) is 5.10 Å². The van der Waals surface area contributed by atoms with E-state index in [0.717, 1.165) is 16.8 Å². The van der Waals surface area contributed by atoms with Crippen molar-refractivity contribution in [3.63, 3.8) is 0 Å². The Kier molecular flexibility index (Phi) is 5.32. The molecule has 6 heteroatoms. The number of hydrogen-bond donors (Lipinski definition) is 1. The molecule has 1 amide bonds. The zero-order valence-corrected chi connectivity index (χ0v) is 17.3. The zero-order valence-electron chi connectivity index (χ0n) is 17.3. The molecule has 2 aromatic heterocycles. The minimum absolute atomic E-state index is 0.249. The van der Waals surface area contributed by atoms with Crippen LogP contribution < -0.4 is 5.32 Å². The summed E-state index contributed by atoms with van der Waals surface area (Å²) < 4.78 is 3.53. The van der Waals surface area contributed by atoms with Gasteiger partial charge in [0.1, 0.15) is 5.69 Å². The van der Waals surface area contributed by atoms with Gasteiger partial charge in [0.25, 0.3) is 5.91 Å². The van der Waals surface area contributed by atoms with Crippen LogP contribution in [0.4, 0.5) is 5.82 Å². The number of rotatable bonds is 6. The molecule has 2 heterocycles. The highest BCUT2D eigenvalue weighted by Crippen LogP contribution is 2.23. The van der Waals surface area contributed by atoms with Crippen LogP contribution in [0.5, 0.6) is 0 Å². The van der Waals surface area contributed by atoms with Gasteiger partial charge in [0.05, 0.1) is 17.8 Å². The van der Waals surface area contributed by atoms with Crippen molar-refractivity contribution < 1.29 is 4.79 Å². The Morgan fingerprint density at radius 3 is 2.16 bits per heavy atom. The second kappa shape index (κ2) is 8.73. The number of para-hydroxylation sites is 1. The highest BCUT2D eigenvalue weighted by molar-refractivity contribution is 6.07. The van der Waals surface area contributed by atoms with Crippen molar-refractivity contribution in [2.24, 2.45) is 0 Å². The summed E-state index contributed by atoms with van der Waals surface area (Å²) in [5, 5.41) is 12.1. The molecule has 0 unspecified atom stereocenters. The third kappa shape index (κ3) is 4.20. The van der Waals surface area contributed by atoms with Crippen molar-refractivity contribution in [1.82, 2.24) is 19.6 Å². The maximum atomic E-state index is 13.2. The van der Waals surface area contributed by atoms with Gasteiger partial charge in [0.15, 0.2) is 5.82 Å². The topological polar surface area (TPSA) is 64.7 Å². The van der Waals surface area contributed by atoms with Crippen LogP contribution in [-0.4, -0.2) is 25.5 Å². The summed E-state index contributed by atoms with van der Waals surface area (Å²) >= 11 is 0. The van der Waals surface area contributed by atoms with Crippen molar-refractivity contribution in [2.75, 3.05) is 5.32 Å². The summed E-state index contributed by atoms with van der Waals surface area (Å²) in [6, 6.07) is 31.3. The number of hydrogen-bond acceptors (Lipinski definition) is 3. The summed E-state index contributed by atoms with van der Waals surface area (Å²) in [5.41, 5.74) is 4.07. The molecule has 0 aliphatic rings. The second-order valence-electron chi connectivity index (χ2n) is 7.38. The van der Waals surface area contributed by atoms with Gasteiger partial charge < -0.3 is 5.32 Å². The van der Waals surface area contributed by atoms with Crippen LogP contribution in [0, 0.1) is 0 Å². The first-order valence-electron chi connectivity index (χ1n) is 10.4. The zero-order chi connectivity index (χ0) is 21.8. The first kappa shape index (κ1) is 19.5. The third-order valence-corrected chi connectivity index (χ3v) is 5.09. The van der Waals surface area contributed by atoms with Crippen molar-refractivity contribution in [3.8, 4) is 16.9 Å². The Bertz CT molecular complexity index is 1320. The third-order valence-electron chi connectivity index (χ3n) is 5.09. The van der Waals surface area contributed by atoms with Crippen LogP contribution in [0.2, 0.25) is 0 Å². The van der Waals surface area contributed by atoms with Crippen LogP contribution in [0.25, 0.3) is 16.9 Å². The maximum absolute atomic E-state index is 13.2. The molecule has 0 fully saturated rings. The minimum Gasteiger partial charge on any atom is -0.305 e. The van der Waals surface area contributed by atoms with E-state index in [1.54, 1.807) is 21.6 Å². The molecule has 0 bridgehead atoms. The van der Waals surface area contributed by atoms with Gasteiger partial charge in [-0.15, -0.1) is 0 Å². The number of carbonyl (C=O) groups is 1. The normalized spacial score (nSPS) is 10.8. The summed E-state index contributed by atoms with van der Waals surface area (Å²) in [5.74, 6) is 0.232. The SMILES string of the molecule is O=C(Nc1ccn(-c2ccccc2)n1)c1cn(Cc2ccccc2)nc1-c1ccccc1. The van der Waals surface area contributed by atoms with Crippen LogP contribution in [0.15, 0.2) is 109 Å². The molecule has 5 rings (SSSR count). The summed E-state index contributed by atoms with van der Waals surface area (Å²) in [7, 11) is 0. The van der Waals surface area contributed by atoms with Crippen LogP contribution in [-0.2, 0) is 6.54 Å². The van der Waals surface area contributed by atoms with E-state index in [0.29, 0.717) is 23.6 Å². The molecule has 0 aliphatic carbocycles. The van der Waals surface area contributed by atoms with Crippen molar-refractivity contribution >= 4 is 11.7 Å². The monoisotopic (exact) mass is 419 g/mol. The Labute approximate surface area is 185 Å². The first-order chi connectivity index (χ1) is 15.8. The van der Waals surface area contributed by atoms with E-state index in [1.165, 1.54) is 0 Å². The lowest BCUT2D eigenvalue weighted by Gasteiger charge is -2.03. The van der Waals surface area contributed by atoms with E-state index >= 15 is 0 Å². The predicted molar refractivity (Wildman–Crippen MR) is 125 cm³/mol. The smallest absolute Gasteiger partial charge is 0.260 e. The van der Waals surface area contributed by atoms with Gasteiger partial charge in [-0.05, 0) is 17.7 Å². The van der Waals surface area contributed by atoms with Gasteiger partial charge in [-0.2, -0.15) is 10.2 Å². The largest absolute Gasteiger partial charge is 0.305 e. The molecule has 0 saturated carbocycles. The molecule has 0 aliphatic heterocycles. The number of nitrogens with zero attached hydrogens (tertiary/aromatic N) is 4. The van der Waals surface area contributed by atoms with Gasteiger partial charge in [-0.1, -0.05) is 78.9 Å². The molecule has 0 radical (unpaired) electrons. The number of benzene rings is 3. The van der Waals surface area contributed by atoms with Crippen molar-refractivity contribution in [1.29, 1.82) is 0 Å². The van der Waals surface area contributed by atoms with Gasteiger partial charge in [-0.25, -0.2) is 4.68 Å². The molecule has 1 N–H and O–H groups in total. The number of nitrogens with one attached hydrogen (secondary N) is 1. The molecule has 156 valence electrons. The molecule has 3 aromatic carbocycles. The maximum Gasteiger partial charge on any atom is 0.260 e. The molecule has 32 heavy (non-hydrogen) atoms.